The van der Waals surface area contributed by atoms with Crippen molar-refractivity contribution in [2.75, 3.05) is 31.5 Å². The van der Waals surface area contributed by atoms with Crippen LogP contribution in [0, 0.1) is 0 Å². The van der Waals surface area contributed by atoms with E-state index in [4.69, 9.17) is 16.2 Å². The number of amidine groups is 1. The summed E-state index contributed by atoms with van der Waals surface area (Å²) in [5.41, 5.74) is 13.0. The maximum absolute atomic E-state index is 13.0. The molecule has 0 amide bonds. The van der Waals surface area contributed by atoms with Crippen LogP contribution in [0.4, 0.5) is 14.6 Å². The number of nitrogens with zero attached hydrogens (tertiary/aromatic N) is 4. The summed E-state index contributed by atoms with van der Waals surface area (Å²) in [6.07, 6.45) is 6.06. The Morgan fingerprint density at radius 1 is 1.41 bits per heavy atom. The second kappa shape index (κ2) is 10.0. The smallest absolute Gasteiger partial charge is 0.295 e. The summed E-state index contributed by atoms with van der Waals surface area (Å²) in [4.78, 5) is 14.9. The molecule has 2 fully saturated rings. The Hall–Kier alpha value is -3.05. The van der Waals surface area contributed by atoms with E-state index in [2.05, 4.69) is 30.5 Å². The number of pyridine rings is 1. The summed E-state index contributed by atoms with van der Waals surface area (Å²) in [7, 11) is 0. The molecule has 3 aliphatic rings. The van der Waals surface area contributed by atoms with Gasteiger partial charge < -0.3 is 31.7 Å². The van der Waals surface area contributed by atoms with Crippen LogP contribution >= 0.6 is 0 Å². The molecule has 172 valence electrons. The number of likely N-dealkylation sites (tertiary alicyclic amines) is 1. The van der Waals surface area contributed by atoms with E-state index in [9.17, 15) is 8.78 Å². The van der Waals surface area contributed by atoms with Gasteiger partial charge in [0.1, 0.15) is 23.6 Å². The normalized spacial score (nSPS) is 21.8. The molecule has 6 N–H and O–H groups in total. The van der Waals surface area contributed by atoms with Crippen LogP contribution in [0.3, 0.4) is 0 Å². The molecular formula is C21H28F2N8O. The highest BCUT2D eigenvalue weighted by molar-refractivity contribution is 6.10. The zero-order valence-corrected chi connectivity index (χ0v) is 17.7. The maximum atomic E-state index is 13.0. The molecule has 9 nitrogen and oxygen atoms in total. The largest absolute Gasteiger partial charge is 0.490 e. The van der Waals surface area contributed by atoms with E-state index < -0.39 is 18.4 Å². The molecule has 0 aromatic carbocycles. The van der Waals surface area contributed by atoms with Crippen LogP contribution in [0.25, 0.3) is 5.57 Å². The third-order valence-electron chi connectivity index (χ3n) is 5.26. The van der Waals surface area contributed by atoms with Crippen LogP contribution in [0.5, 0.6) is 5.75 Å². The highest BCUT2D eigenvalue weighted by Gasteiger charge is 2.26. The minimum atomic E-state index is -2.76. The second-order valence-corrected chi connectivity index (χ2v) is 7.87. The molecule has 1 saturated carbocycles. The first-order chi connectivity index (χ1) is 15.5. The van der Waals surface area contributed by atoms with Crippen molar-refractivity contribution in [3.05, 3.63) is 35.9 Å². The van der Waals surface area contributed by atoms with E-state index in [0.29, 0.717) is 23.7 Å². The van der Waals surface area contributed by atoms with Gasteiger partial charge in [-0.05, 0) is 38.4 Å². The first kappa shape index (κ1) is 22.2. The molecule has 1 atom stereocenters. The zero-order valence-electron chi connectivity index (χ0n) is 17.7. The van der Waals surface area contributed by atoms with E-state index in [1.165, 1.54) is 18.7 Å². The van der Waals surface area contributed by atoms with Crippen molar-refractivity contribution in [3.8, 4) is 5.75 Å². The number of hydrogen-bond acceptors (Lipinski definition) is 9. The molecule has 1 aromatic rings. The van der Waals surface area contributed by atoms with Gasteiger partial charge in [-0.2, -0.15) is 0 Å². The topological polar surface area (TPSA) is 126 Å². The molecule has 3 heterocycles. The first-order valence-corrected chi connectivity index (χ1v) is 10.7. The van der Waals surface area contributed by atoms with Crippen molar-refractivity contribution < 1.29 is 13.5 Å². The van der Waals surface area contributed by atoms with E-state index in [-0.39, 0.29) is 11.9 Å². The number of aromatic nitrogens is 1. The number of anilines is 1. The number of alkyl halides is 2. The summed E-state index contributed by atoms with van der Waals surface area (Å²) >= 11 is 0. The molecule has 0 radical (unpaired) electrons. The highest BCUT2D eigenvalue weighted by atomic mass is 19.3. The van der Waals surface area contributed by atoms with Gasteiger partial charge in [0, 0.05) is 42.4 Å². The van der Waals surface area contributed by atoms with Crippen molar-refractivity contribution in [1.29, 1.82) is 0 Å². The predicted octanol–water partition coefficient (Wildman–Crippen LogP) is 1.50. The number of aliphatic imine (C=N–C) groups is 2. The Bertz CT molecular complexity index is 938. The number of nitrogens with one attached hydrogen (secondary N) is 2. The Labute approximate surface area is 185 Å². The number of ether oxygens (including phenoxy) is 1. The lowest BCUT2D eigenvalue weighted by Crippen LogP contribution is -2.39. The molecule has 1 unspecified atom stereocenters. The van der Waals surface area contributed by atoms with Gasteiger partial charge in [0.05, 0.1) is 12.6 Å². The Morgan fingerprint density at radius 2 is 2.22 bits per heavy atom. The molecule has 1 aromatic heterocycles. The fourth-order valence-electron chi connectivity index (χ4n) is 3.26. The van der Waals surface area contributed by atoms with Crippen molar-refractivity contribution >= 4 is 23.4 Å². The highest BCUT2D eigenvalue weighted by Crippen LogP contribution is 2.33. The summed E-state index contributed by atoms with van der Waals surface area (Å²) in [6, 6.07) is 1.72. The fraction of sp³-hybridized carbons (Fsp3) is 0.476. The van der Waals surface area contributed by atoms with Crippen LogP contribution in [0.1, 0.15) is 24.8 Å². The van der Waals surface area contributed by atoms with E-state index in [0.717, 1.165) is 38.0 Å². The van der Waals surface area contributed by atoms with E-state index >= 15 is 0 Å². The molecule has 0 spiro atoms. The van der Waals surface area contributed by atoms with Crippen LogP contribution in [-0.2, 0) is 0 Å². The van der Waals surface area contributed by atoms with Gasteiger partial charge in [-0.3, -0.25) is 4.99 Å². The fourth-order valence-corrected chi connectivity index (χ4v) is 3.26. The summed E-state index contributed by atoms with van der Waals surface area (Å²) in [6.45, 7) is 3.88. The predicted molar refractivity (Wildman–Crippen MR) is 121 cm³/mol. The Kier molecular flexibility index (Phi) is 6.96. The minimum Gasteiger partial charge on any atom is -0.490 e. The van der Waals surface area contributed by atoms with Crippen molar-refractivity contribution in [3.63, 3.8) is 0 Å². The third kappa shape index (κ3) is 5.80. The molecule has 4 rings (SSSR count). The summed E-state index contributed by atoms with van der Waals surface area (Å²) < 4.78 is 32.1. The van der Waals surface area contributed by atoms with Gasteiger partial charge in [-0.25, -0.2) is 18.8 Å². The second-order valence-electron chi connectivity index (χ2n) is 7.87. The molecule has 32 heavy (non-hydrogen) atoms. The first-order valence-electron chi connectivity index (χ1n) is 10.7. The van der Waals surface area contributed by atoms with E-state index in [1.807, 2.05) is 0 Å². The average Bonchev–Trinajstić information content (AvgIpc) is 3.54. The van der Waals surface area contributed by atoms with Gasteiger partial charge in [-0.1, -0.05) is 0 Å². The molecule has 11 heteroatoms. The number of allylic oxidation sites excluding steroid dienone is 1. The molecule has 1 saturated heterocycles. The molecule has 2 aliphatic heterocycles. The number of nitrogens with two attached hydrogens (primary N) is 2. The number of rotatable bonds is 10. The Balaban J connectivity index is 1.48. The quantitative estimate of drug-likeness (QED) is 0.401. The maximum Gasteiger partial charge on any atom is 0.295 e. The monoisotopic (exact) mass is 446 g/mol. The lowest BCUT2D eigenvalue weighted by atomic mass is 10.1. The lowest BCUT2D eigenvalue weighted by molar-refractivity contribution is 0.187. The number of halogens is 2. The van der Waals surface area contributed by atoms with Crippen LogP contribution in [0.2, 0.25) is 0 Å². The van der Waals surface area contributed by atoms with E-state index in [1.54, 1.807) is 18.5 Å². The standard InChI is InChI=1S/C21H28F2N8O/c22-20(23)21-28-17(25)9-19(30-21)29-18-8-16(32-14-2-3-14)15(12-27-18)13(10-24)11-26-4-7-31-5-1-6-31/h8-12,14,17,20H,1-7,24-25H2,(H,27,29)(H,28,30)/b13-10+,26-11?. The van der Waals surface area contributed by atoms with Crippen LogP contribution < -0.4 is 26.8 Å². The molecular weight excluding hydrogens is 418 g/mol. The van der Waals surface area contributed by atoms with Crippen molar-refractivity contribution in [2.45, 2.75) is 38.0 Å². The van der Waals surface area contributed by atoms with Gasteiger partial charge in [0.15, 0.2) is 5.84 Å². The van der Waals surface area contributed by atoms with Crippen LogP contribution in [-0.4, -0.2) is 66.8 Å². The van der Waals surface area contributed by atoms with Gasteiger partial charge in [0.2, 0.25) is 0 Å². The van der Waals surface area contributed by atoms with Crippen molar-refractivity contribution in [2.24, 2.45) is 21.5 Å². The van der Waals surface area contributed by atoms with Crippen LogP contribution in [0.15, 0.2) is 40.3 Å². The minimum absolute atomic E-state index is 0.143. The summed E-state index contributed by atoms with van der Waals surface area (Å²) in [5.74, 6) is 0.801. The summed E-state index contributed by atoms with van der Waals surface area (Å²) in [5, 5.41) is 5.51. The molecule has 1 aliphatic carbocycles. The SMILES string of the molecule is N/C=C(\C=NCCN1CCC1)c1cnc(NC2=CC(N)N=C(C(F)F)N2)cc1OC1CC1. The Morgan fingerprint density at radius 3 is 2.88 bits per heavy atom. The lowest BCUT2D eigenvalue weighted by Gasteiger charge is -2.29. The van der Waals surface area contributed by atoms with Crippen molar-refractivity contribution in [1.82, 2.24) is 15.2 Å². The van der Waals surface area contributed by atoms with Gasteiger partial charge in [-0.15, -0.1) is 0 Å². The number of hydrogen-bond donors (Lipinski definition) is 4. The van der Waals surface area contributed by atoms with Gasteiger partial charge >= 0.3 is 0 Å². The third-order valence-corrected chi connectivity index (χ3v) is 5.26. The average molecular weight is 447 g/mol. The molecule has 0 bridgehead atoms. The van der Waals surface area contributed by atoms with Gasteiger partial charge in [0.25, 0.3) is 6.43 Å². The zero-order chi connectivity index (χ0) is 22.5.